The molecule has 0 aliphatic carbocycles. The van der Waals surface area contributed by atoms with Gasteiger partial charge in [0.25, 0.3) is 0 Å². The molecule has 0 saturated carbocycles. The molecule has 0 spiro atoms. The van der Waals surface area contributed by atoms with Crippen LogP contribution in [0.3, 0.4) is 0 Å². The number of fused-ring (bicyclic) bond motifs is 1. The lowest BCUT2D eigenvalue weighted by molar-refractivity contribution is 0.112. The Morgan fingerprint density at radius 2 is 2.24 bits per heavy atom. The summed E-state index contributed by atoms with van der Waals surface area (Å²) in [5, 5.41) is 0. The maximum Gasteiger partial charge on any atom is 0.180 e. The molecule has 0 aliphatic heterocycles. The van der Waals surface area contributed by atoms with E-state index in [9.17, 15) is 4.79 Å². The van der Waals surface area contributed by atoms with Crippen molar-refractivity contribution in [1.82, 2.24) is 9.38 Å². The fraction of sp³-hybridized carbons (Fsp3) is 0. The second-order valence-electron chi connectivity index (χ2n) is 3.56. The maximum atomic E-state index is 10.7. The second-order valence-corrected chi connectivity index (χ2v) is 4.34. The van der Waals surface area contributed by atoms with E-state index in [2.05, 4.69) is 20.9 Å². The normalized spacial score (nSPS) is 10.9. The van der Waals surface area contributed by atoms with Crippen molar-refractivity contribution >= 4 is 27.7 Å². The molecule has 0 aliphatic rings. The fourth-order valence-electron chi connectivity index (χ4n) is 1.71. The number of furan rings is 1. The zero-order valence-electron chi connectivity index (χ0n) is 8.63. The maximum absolute atomic E-state index is 10.7. The predicted octanol–water partition coefficient (Wildman–Crippen LogP) is 3.17. The summed E-state index contributed by atoms with van der Waals surface area (Å²) in [6.07, 6.45) is 4.33. The summed E-state index contributed by atoms with van der Waals surface area (Å²) in [6.45, 7) is 0. The number of rotatable bonds is 2. The number of halogens is 1. The molecule has 0 unspecified atom stereocenters. The van der Waals surface area contributed by atoms with Gasteiger partial charge in [0.15, 0.2) is 16.3 Å². The number of carbonyl (C=O) groups excluding carboxylic acids is 1. The van der Waals surface area contributed by atoms with Crippen LogP contribution in [0.1, 0.15) is 10.4 Å². The van der Waals surface area contributed by atoms with E-state index in [1.807, 2.05) is 16.5 Å². The van der Waals surface area contributed by atoms with Crippen molar-refractivity contribution in [3.05, 3.63) is 46.9 Å². The zero-order valence-corrected chi connectivity index (χ0v) is 10.2. The van der Waals surface area contributed by atoms with E-state index in [-0.39, 0.29) is 0 Å². The van der Waals surface area contributed by atoms with Gasteiger partial charge in [-0.25, -0.2) is 4.98 Å². The van der Waals surface area contributed by atoms with Crippen LogP contribution in [0.15, 0.2) is 45.7 Å². The first kappa shape index (κ1) is 10.3. The molecule has 5 heteroatoms. The molecule has 0 amide bonds. The van der Waals surface area contributed by atoms with Crippen molar-refractivity contribution in [1.29, 1.82) is 0 Å². The third-order valence-corrected chi connectivity index (χ3v) is 2.91. The van der Waals surface area contributed by atoms with Crippen LogP contribution in [-0.4, -0.2) is 15.7 Å². The van der Waals surface area contributed by atoms with E-state index < -0.39 is 0 Å². The molecule has 0 bridgehead atoms. The highest BCUT2D eigenvalue weighted by atomic mass is 79.9. The Kier molecular flexibility index (Phi) is 2.33. The Balaban J connectivity index is 2.21. The Bertz CT molecular complexity index is 699. The van der Waals surface area contributed by atoms with Crippen molar-refractivity contribution in [3.8, 4) is 11.6 Å². The minimum absolute atomic E-state index is 0.629. The van der Waals surface area contributed by atoms with Crippen LogP contribution in [-0.2, 0) is 0 Å². The second kappa shape index (κ2) is 3.85. The molecule has 0 fully saturated rings. The fourth-order valence-corrected chi connectivity index (χ4v) is 2.01. The summed E-state index contributed by atoms with van der Waals surface area (Å²) in [7, 11) is 0. The van der Waals surface area contributed by atoms with Crippen LogP contribution in [0.2, 0.25) is 0 Å². The Morgan fingerprint density at radius 1 is 1.35 bits per heavy atom. The van der Waals surface area contributed by atoms with Crippen LogP contribution >= 0.6 is 15.9 Å². The Hall–Kier alpha value is -1.88. The van der Waals surface area contributed by atoms with Crippen molar-refractivity contribution in [2.24, 2.45) is 0 Å². The van der Waals surface area contributed by atoms with Gasteiger partial charge in [-0.3, -0.25) is 9.20 Å². The number of hydrogen-bond donors (Lipinski definition) is 0. The molecular weight excluding hydrogens is 284 g/mol. The van der Waals surface area contributed by atoms with E-state index in [0.29, 0.717) is 21.8 Å². The summed E-state index contributed by atoms with van der Waals surface area (Å²) in [6, 6.07) is 7.17. The average Bonchev–Trinajstić information content (AvgIpc) is 2.93. The van der Waals surface area contributed by atoms with E-state index in [1.54, 1.807) is 24.5 Å². The summed E-state index contributed by atoms with van der Waals surface area (Å²) in [5.41, 5.74) is 1.49. The summed E-state index contributed by atoms with van der Waals surface area (Å²) in [4.78, 5) is 15.0. The standard InChI is InChI=1S/C12H7BrN2O2/c13-11-2-1-10(17-11)12-14-6-9-5-8(7-16)3-4-15(9)12/h1-7H. The van der Waals surface area contributed by atoms with Crippen molar-refractivity contribution in [2.45, 2.75) is 0 Å². The number of pyridine rings is 1. The van der Waals surface area contributed by atoms with Gasteiger partial charge in [-0.2, -0.15) is 0 Å². The van der Waals surface area contributed by atoms with Crippen molar-refractivity contribution in [2.75, 3.05) is 0 Å². The third kappa shape index (κ3) is 1.68. The largest absolute Gasteiger partial charge is 0.446 e. The van der Waals surface area contributed by atoms with Crippen LogP contribution < -0.4 is 0 Å². The molecule has 0 aromatic carbocycles. The number of aldehydes is 1. The SMILES string of the molecule is O=Cc1ccn2c(-c3ccc(Br)o3)ncc2c1. The molecule has 0 atom stereocenters. The topological polar surface area (TPSA) is 47.5 Å². The van der Waals surface area contributed by atoms with Gasteiger partial charge in [-0.05, 0) is 40.2 Å². The highest BCUT2D eigenvalue weighted by molar-refractivity contribution is 9.10. The van der Waals surface area contributed by atoms with Crippen molar-refractivity contribution in [3.63, 3.8) is 0 Å². The third-order valence-electron chi connectivity index (χ3n) is 2.49. The Morgan fingerprint density at radius 3 is 2.94 bits per heavy atom. The molecule has 4 nitrogen and oxygen atoms in total. The number of hydrogen-bond acceptors (Lipinski definition) is 3. The highest BCUT2D eigenvalue weighted by Crippen LogP contribution is 2.24. The van der Waals surface area contributed by atoms with Gasteiger partial charge < -0.3 is 4.42 Å². The quantitative estimate of drug-likeness (QED) is 0.681. The predicted molar refractivity (Wildman–Crippen MR) is 66.0 cm³/mol. The average molecular weight is 291 g/mol. The highest BCUT2D eigenvalue weighted by Gasteiger charge is 2.10. The summed E-state index contributed by atoms with van der Waals surface area (Å²) >= 11 is 3.25. The Labute approximate surface area is 105 Å². The lowest BCUT2D eigenvalue weighted by atomic mass is 10.3. The number of aromatic nitrogens is 2. The molecule has 3 aromatic heterocycles. The van der Waals surface area contributed by atoms with E-state index in [4.69, 9.17) is 4.42 Å². The van der Waals surface area contributed by atoms with E-state index in [0.717, 1.165) is 11.8 Å². The first-order valence-electron chi connectivity index (χ1n) is 4.96. The van der Waals surface area contributed by atoms with Gasteiger partial charge in [0, 0.05) is 11.8 Å². The first-order chi connectivity index (χ1) is 8.28. The molecule has 3 aromatic rings. The van der Waals surface area contributed by atoms with Gasteiger partial charge >= 0.3 is 0 Å². The number of nitrogens with zero attached hydrogens (tertiary/aromatic N) is 2. The monoisotopic (exact) mass is 290 g/mol. The molecule has 0 saturated heterocycles. The van der Waals surface area contributed by atoms with E-state index >= 15 is 0 Å². The van der Waals surface area contributed by atoms with Gasteiger partial charge in [-0.1, -0.05) is 0 Å². The molecule has 84 valence electrons. The first-order valence-corrected chi connectivity index (χ1v) is 5.75. The van der Waals surface area contributed by atoms with Crippen LogP contribution in [0.5, 0.6) is 0 Å². The van der Waals surface area contributed by atoms with Gasteiger partial charge in [0.1, 0.15) is 6.29 Å². The molecule has 3 heterocycles. The van der Waals surface area contributed by atoms with Crippen LogP contribution in [0.4, 0.5) is 0 Å². The number of carbonyl (C=O) groups is 1. The zero-order chi connectivity index (χ0) is 11.8. The number of imidazole rings is 1. The minimum atomic E-state index is 0.629. The van der Waals surface area contributed by atoms with E-state index in [1.165, 1.54) is 0 Å². The minimum Gasteiger partial charge on any atom is -0.446 e. The lowest BCUT2D eigenvalue weighted by Gasteiger charge is -1.98. The van der Waals surface area contributed by atoms with Gasteiger partial charge in [-0.15, -0.1) is 0 Å². The summed E-state index contributed by atoms with van der Waals surface area (Å²) in [5.74, 6) is 1.39. The molecule has 0 N–H and O–H groups in total. The molecule has 0 radical (unpaired) electrons. The van der Waals surface area contributed by atoms with Crippen LogP contribution in [0.25, 0.3) is 17.1 Å². The summed E-state index contributed by atoms with van der Waals surface area (Å²) < 4.78 is 7.99. The van der Waals surface area contributed by atoms with Crippen molar-refractivity contribution < 1.29 is 9.21 Å². The smallest absolute Gasteiger partial charge is 0.180 e. The lowest BCUT2D eigenvalue weighted by Crippen LogP contribution is -1.89. The van der Waals surface area contributed by atoms with Gasteiger partial charge in [0.05, 0.1) is 11.7 Å². The van der Waals surface area contributed by atoms with Gasteiger partial charge in [0.2, 0.25) is 0 Å². The van der Waals surface area contributed by atoms with Crippen LogP contribution in [0, 0.1) is 0 Å². The molecule has 3 rings (SSSR count). The molecule has 17 heavy (non-hydrogen) atoms. The molecular formula is C12H7BrN2O2.